The Kier molecular flexibility index (Phi) is 40.1. The molecule has 22 heavy (non-hydrogen) atoms. The number of rotatable bonds is 5. The second-order valence-electron chi connectivity index (χ2n) is 4.80. The molecule has 0 bridgehead atoms. The van der Waals surface area contributed by atoms with Gasteiger partial charge in [-0.3, -0.25) is 6.08 Å². The van der Waals surface area contributed by atoms with E-state index in [1.165, 1.54) is 12.0 Å². The average molecular weight is 474 g/mol. The van der Waals surface area contributed by atoms with Crippen LogP contribution in [0.25, 0.3) is 16.0 Å². The van der Waals surface area contributed by atoms with Gasteiger partial charge in [0.05, 0.1) is 0 Å². The molecule has 0 heterocycles. The van der Waals surface area contributed by atoms with Crippen LogP contribution in [0.3, 0.4) is 0 Å². The summed E-state index contributed by atoms with van der Waals surface area (Å²) in [6, 6.07) is 0. The van der Waals surface area contributed by atoms with Gasteiger partial charge in [-0.15, -0.1) is 6.42 Å². The maximum atomic E-state index is 3.74. The molecule has 0 aromatic rings. The number of hydrogen-bond donors (Lipinski definition) is 0. The van der Waals surface area contributed by atoms with E-state index in [2.05, 4.69) is 48.0 Å². The van der Waals surface area contributed by atoms with E-state index in [0.29, 0.717) is 0 Å². The molecule has 0 fully saturated rings. The van der Waals surface area contributed by atoms with E-state index in [1.807, 2.05) is 20.8 Å². The molecule has 0 unspecified atom stereocenters. The Balaban J connectivity index is -0.000000107. The average Bonchev–Trinajstić information content (AvgIpc) is 3.00. The van der Waals surface area contributed by atoms with Crippen molar-refractivity contribution in [2.24, 2.45) is 5.92 Å². The van der Waals surface area contributed by atoms with Crippen molar-refractivity contribution in [3.05, 3.63) is 39.8 Å². The maximum Gasteiger partial charge on any atom is 4.00 e. The SMILES string of the molecule is CC(C)CC1=[C-]CC=C1.CC[N-]C.CC[N-]C.CC[N-]C.[Hf+4]. The standard InChI is InChI=1S/C9H13.3C3H8N.Hf/c1-8(2)7-9-5-3-4-6-9;3*1-3-4-2;/h3,5,8H,4,7H2,1-2H3;3*3H2,1-2H3;/q4*-1;+4. The fourth-order valence-corrected chi connectivity index (χ4v) is 1.03. The molecule has 0 amide bonds. The number of hydrogen-bond acceptors (Lipinski definition) is 0. The summed E-state index contributed by atoms with van der Waals surface area (Å²) in [6.07, 6.45) is 9.86. The van der Waals surface area contributed by atoms with Gasteiger partial charge in [-0.05, 0) is 5.92 Å². The van der Waals surface area contributed by atoms with Gasteiger partial charge in [-0.25, -0.2) is 11.6 Å². The molecule has 1 rings (SSSR count). The molecule has 0 aliphatic heterocycles. The van der Waals surface area contributed by atoms with E-state index < -0.39 is 0 Å². The van der Waals surface area contributed by atoms with Crippen LogP contribution in [0.5, 0.6) is 0 Å². The minimum absolute atomic E-state index is 0. The minimum atomic E-state index is 0. The molecule has 0 saturated heterocycles. The first-order valence-corrected chi connectivity index (χ1v) is 7.96. The zero-order valence-electron chi connectivity index (χ0n) is 16.1. The summed E-state index contributed by atoms with van der Waals surface area (Å²) in [7, 11) is 5.42. The molecule has 0 atom stereocenters. The number of allylic oxidation sites excluding steroid dienone is 4. The summed E-state index contributed by atoms with van der Waals surface area (Å²) in [4.78, 5) is 0. The third-order valence-corrected chi connectivity index (χ3v) is 2.34. The van der Waals surface area contributed by atoms with Gasteiger partial charge in [0.1, 0.15) is 0 Å². The van der Waals surface area contributed by atoms with Crippen LogP contribution in [0.2, 0.25) is 0 Å². The van der Waals surface area contributed by atoms with Gasteiger partial charge in [-0.1, -0.05) is 41.0 Å². The topological polar surface area (TPSA) is 42.3 Å². The van der Waals surface area contributed by atoms with Crippen molar-refractivity contribution in [1.82, 2.24) is 0 Å². The van der Waals surface area contributed by atoms with Gasteiger partial charge in [-0.2, -0.15) is 46.9 Å². The van der Waals surface area contributed by atoms with Gasteiger partial charge in [0.25, 0.3) is 0 Å². The summed E-state index contributed by atoms with van der Waals surface area (Å²) in [5.74, 6) is 0.773. The Morgan fingerprint density at radius 3 is 1.50 bits per heavy atom. The molecule has 3 nitrogen and oxygen atoms in total. The minimum Gasteiger partial charge on any atom is -0.665 e. The Morgan fingerprint density at radius 1 is 0.955 bits per heavy atom. The Hall–Kier alpha value is 0.230. The fraction of sp³-hybridized carbons (Fsp3) is 0.778. The predicted molar refractivity (Wildman–Crippen MR) is 99.4 cm³/mol. The van der Waals surface area contributed by atoms with Crippen molar-refractivity contribution in [2.45, 2.75) is 47.5 Å². The van der Waals surface area contributed by atoms with E-state index >= 15 is 0 Å². The van der Waals surface area contributed by atoms with Gasteiger partial charge in [0.15, 0.2) is 0 Å². The van der Waals surface area contributed by atoms with Crippen LogP contribution < -0.4 is 0 Å². The monoisotopic (exact) mass is 475 g/mol. The molecule has 0 saturated carbocycles. The zero-order chi connectivity index (χ0) is 16.9. The summed E-state index contributed by atoms with van der Waals surface area (Å²) < 4.78 is 0. The first kappa shape index (κ1) is 30.1. The quantitative estimate of drug-likeness (QED) is 0.360. The van der Waals surface area contributed by atoms with E-state index in [4.69, 9.17) is 0 Å². The summed E-state index contributed by atoms with van der Waals surface area (Å²) >= 11 is 0. The van der Waals surface area contributed by atoms with Gasteiger partial charge < -0.3 is 16.0 Å². The molecule has 1 aliphatic carbocycles. The van der Waals surface area contributed by atoms with Crippen LogP contribution in [-0.2, 0) is 25.8 Å². The maximum absolute atomic E-state index is 3.74. The van der Waals surface area contributed by atoms with Crippen LogP contribution in [0.15, 0.2) is 17.7 Å². The normalized spacial score (nSPS) is 11.0. The molecule has 4 heteroatoms. The Morgan fingerprint density at radius 2 is 1.32 bits per heavy atom. The summed E-state index contributed by atoms with van der Waals surface area (Å²) in [6.45, 7) is 13.3. The molecule has 0 radical (unpaired) electrons. The summed E-state index contributed by atoms with van der Waals surface area (Å²) in [5.41, 5.74) is 1.39. The van der Waals surface area contributed by atoms with Gasteiger partial charge in [0, 0.05) is 0 Å². The molecule has 0 spiro atoms. The van der Waals surface area contributed by atoms with Gasteiger partial charge >= 0.3 is 25.8 Å². The molecule has 0 aromatic carbocycles. The third-order valence-electron chi connectivity index (χ3n) is 2.34. The van der Waals surface area contributed by atoms with E-state index in [-0.39, 0.29) is 25.8 Å². The smallest absolute Gasteiger partial charge is 0.665 e. The second-order valence-corrected chi connectivity index (χ2v) is 4.80. The Bertz CT molecular complexity index is 211. The molecular formula is C18H37HfN3. The zero-order valence-corrected chi connectivity index (χ0v) is 19.7. The van der Waals surface area contributed by atoms with Crippen LogP contribution in [0.4, 0.5) is 0 Å². The van der Waals surface area contributed by atoms with Crippen LogP contribution >= 0.6 is 0 Å². The van der Waals surface area contributed by atoms with Crippen molar-refractivity contribution < 1.29 is 25.8 Å². The molecule has 1 aliphatic rings. The van der Waals surface area contributed by atoms with Crippen molar-refractivity contribution in [3.8, 4) is 0 Å². The van der Waals surface area contributed by atoms with E-state index in [0.717, 1.165) is 32.0 Å². The largest absolute Gasteiger partial charge is 4.00 e. The first-order valence-electron chi connectivity index (χ1n) is 7.96. The fourth-order valence-electron chi connectivity index (χ4n) is 1.03. The van der Waals surface area contributed by atoms with Crippen molar-refractivity contribution >= 4 is 0 Å². The van der Waals surface area contributed by atoms with Crippen LogP contribution in [-0.4, -0.2) is 40.8 Å². The first-order chi connectivity index (χ1) is 10.0. The van der Waals surface area contributed by atoms with Crippen molar-refractivity contribution in [1.29, 1.82) is 0 Å². The van der Waals surface area contributed by atoms with Crippen LogP contribution in [0.1, 0.15) is 47.5 Å². The third kappa shape index (κ3) is 36.9. The molecule has 0 aromatic heterocycles. The van der Waals surface area contributed by atoms with E-state index in [9.17, 15) is 0 Å². The van der Waals surface area contributed by atoms with Crippen LogP contribution in [0, 0.1) is 12.0 Å². The number of nitrogens with zero attached hydrogens (tertiary/aromatic N) is 3. The predicted octanol–water partition coefficient (Wildman–Crippen LogP) is 5.75. The molecular weight excluding hydrogens is 437 g/mol. The van der Waals surface area contributed by atoms with E-state index in [1.54, 1.807) is 21.1 Å². The Labute approximate surface area is 159 Å². The summed E-state index contributed by atoms with van der Waals surface area (Å²) in [5, 5.41) is 11.2. The molecule has 128 valence electrons. The second kappa shape index (κ2) is 29.3. The van der Waals surface area contributed by atoms with Crippen molar-refractivity contribution in [2.75, 3.05) is 40.8 Å². The van der Waals surface area contributed by atoms with Gasteiger partial charge in [0.2, 0.25) is 0 Å². The van der Waals surface area contributed by atoms with Crippen molar-refractivity contribution in [3.63, 3.8) is 0 Å². The molecule has 0 N–H and O–H groups in total.